The second-order valence-corrected chi connectivity index (χ2v) is 4.57. The van der Waals surface area contributed by atoms with E-state index in [0.717, 1.165) is 13.0 Å². The molecule has 2 N–H and O–H groups in total. The number of carbonyl (C=O) groups is 2. The minimum Gasteiger partial charge on any atom is -0.481 e. The maximum absolute atomic E-state index is 11.7. The van der Waals surface area contributed by atoms with Gasteiger partial charge in [0.05, 0.1) is 5.92 Å². The number of aliphatic carboxylic acids is 1. The van der Waals surface area contributed by atoms with Crippen LogP contribution in [0.2, 0.25) is 0 Å². The van der Waals surface area contributed by atoms with Gasteiger partial charge in [0.1, 0.15) is 0 Å². The Labute approximate surface area is 102 Å². The first-order chi connectivity index (χ1) is 8.08. The molecule has 1 amide bonds. The van der Waals surface area contributed by atoms with Gasteiger partial charge in [0.15, 0.2) is 0 Å². The Hall–Kier alpha value is -1.10. The van der Waals surface area contributed by atoms with Gasteiger partial charge >= 0.3 is 5.97 Å². The number of nitrogens with zero attached hydrogens (tertiary/aromatic N) is 1. The van der Waals surface area contributed by atoms with Crippen LogP contribution in [0.3, 0.4) is 0 Å². The summed E-state index contributed by atoms with van der Waals surface area (Å²) in [5, 5.41) is 12.4. The third kappa shape index (κ3) is 4.00. The van der Waals surface area contributed by atoms with Gasteiger partial charge < -0.3 is 15.3 Å². The summed E-state index contributed by atoms with van der Waals surface area (Å²) in [6.45, 7) is 5.73. The van der Waals surface area contributed by atoms with E-state index >= 15 is 0 Å². The van der Waals surface area contributed by atoms with Crippen molar-refractivity contribution in [2.45, 2.75) is 39.2 Å². The molecule has 0 aromatic carbocycles. The van der Waals surface area contributed by atoms with Gasteiger partial charge in [0.25, 0.3) is 0 Å². The number of carboxylic acids is 1. The first-order valence-corrected chi connectivity index (χ1v) is 6.32. The van der Waals surface area contributed by atoms with E-state index in [1.54, 1.807) is 11.8 Å². The topological polar surface area (TPSA) is 69.6 Å². The minimum atomic E-state index is -0.804. The van der Waals surface area contributed by atoms with Crippen molar-refractivity contribution < 1.29 is 14.7 Å². The lowest BCUT2D eigenvalue weighted by molar-refractivity contribution is -0.146. The first kappa shape index (κ1) is 14.0. The van der Waals surface area contributed by atoms with Gasteiger partial charge in [-0.3, -0.25) is 9.59 Å². The lowest BCUT2D eigenvalue weighted by atomic mass is 9.94. The summed E-state index contributed by atoms with van der Waals surface area (Å²) < 4.78 is 0. The van der Waals surface area contributed by atoms with Crippen molar-refractivity contribution in [3.05, 3.63) is 0 Å². The van der Waals surface area contributed by atoms with E-state index in [1.165, 1.54) is 0 Å². The Morgan fingerprint density at radius 1 is 1.35 bits per heavy atom. The molecule has 1 aliphatic rings. The molecule has 0 aromatic rings. The Morgan fingerprint density at radius 3 is 2.59 bits per heavy atom. The average molecular weight is 242 g/mol. The zero-order valence-electron chi connectivity index (χ0n) is 10.6. The number of hydrogen-bond acceptors (Lipinski definition) is 3. The van der Waals surface area contributed by atoms with Gasteiger partial charge in [0, 0.05) is 25.6 Å². The first-order valence-electron chi connectivity index (χ1n) is 6.32. The predicted octanol–water partition coefficient (Wildman–Crippen LogP) is 0.698. The van der Waals surface area contributed by atoms with E-state index in [9.17, 15) is 9.59 Å². The van der Waals surface area contributed by atoms with E-state index in [2.05, 4.69) is 12.2 Å². The number of carbonyl (C=O) groups excluding carboxylic acids is 1. The maximum Gasteiger partial charge on any atom is 0.308 e. The Kier molecular flexibility index (Phi) is 5.41. The Bertz CT molecular complexity index is 281. The largest absolute Gasteiger partial charge is 0.481 e. The molecule has 1 heterocycles. The summed E-state index contributed by atoms with van der Waals surface area (Å²) in [6, 6.07) is 0.111. The van der Waals surface area contributed by atoms with E-state index in [-0.39, 0.29) is 11.9 Å². The molecule has 1 saturated heterocycles. The van der Waals surface area contributed by atoms with Gasteiger partial charge in [-0.2, -0.15) is 0 Å². The van der Waals surface area contributed by atoms with Crippen LogP contribution in [0.1, 0.15) is 33.1 Å². The molecule has 0 spiro atoms. The van der Waals surface area contributed by atoms with Crippen molar-refractivity contribution in [3.63, 3.8) is 0 Å². The van der Waals surface area contributed by atoms with Crippen LogP contribution in [0.15, 0.2) is 0 Å². The molecule has 1 aliphatic heterocycles. The molecular weight excluding hydrogens is 220 g/mol. The van der Waals surface area contributed by atoms with Gasteiger partial charge in [-0.25, -0.2) is 0 Å². The smallest absolute Gasteiger partial charge is 0.308 e. The summed E-state index contributed by atoms with van der Waals surface area (Å²) in [5.74, 6) is -1.20. The molecule has 0 bridgehead atoms. The number of amides is 1. The fourth-order valence-electron chi connectivity index (χ4n) is 2.20. The summed E-state index contributed by atoms with van der Waals surface area (Å²) in [6.07, 6.45) is 2.06. The second-order valence-electron chi connectivity index (χ2n) is 4.57. The van der Waals surface area contributed by atoms with Gasteiger partial charge in [-0.1, -0.05) is 13.8 Å². The Balaban J connectivity index is 2.62. The normalized spacial score (nSPS) is 24.7. The van der Waals surface area contributed by atoms with E-state index in [0.29, 0.717) is 25.9 Å². The molecule has 5 nitrogen and oxygen atoms in total. The number of likely N-dealkylation sites (tertiary alicyclic amines) is 1. The molecule has 98 valence electrons. The van der Waals surface area contributed by atoms with Crippen LogP contribution in [-0.4, -0.2) is 47.6 Å². The highest BCUT2D eigenvalue weighted by atomic mass is 16.4. The van der Waals surface area contributed by atoms with Crippen molar-refractivity contribution in [3.8, 4) is 0 Å². The molecule has 5 heteroatoms. The van der Waals surface area contributed by atoms with Gasteiger partial charge in [0.2, 0.25) is 5.91 Å². The van der Waals surface area contributed by atoms with Crippen LogP contribution in [0.4, 0.5) is 0 Å². The summed E-state index contributed by atoms with van der Waals surface area (Å²) in [5.41, 5.74) is 0. The molecule has 0 radical (unpaired) electrons. The molecular formula is C12H22N2O3. The lowest BCUT2D eigenvalue weighted by Gasteiger charge is -2.36. The molecule has 0 saturated carbocycles. The molecule has 1 fully saturated rings. The molecule has 0 aliphatic carbocycles. The second kappa shape index (κ2) is 6.59. The van der Waals surface area contributed by atoms with Crippen molar-refractivity contribution in [1.29, 1.82) is 0 Å². The minimum absolute atomic E-state index is 0.0410. The highest BCUT2D eigenvalue weighted by Crippen LogP contribution is 2.18. The van der Waals surface area contributed by atoms with Crippen molar-refractivity contribution >= 4 is 11.9 Å². The highest BCUT2D eigenvalue weighted by Gasteiger charge is 2.32. The maximum atomic E-state index is 11.7. The molecule has 0 aromatic heterocycles. The number of nitrogens with one attached hydrogen (secondary N) is 1. The molecule has 17 heavy (non-hydrogen) atoms. The number of rotatable bonds is 5. The number of piperidine rings is 1. The van der Waals surface area contributed by atoms with Crippen LogP contribution in [0.25, 0.3) is 0 Å². The summed E-state index contributed by atoms with van der Waals surface area (Å²) in [7, 11) is 0. The van der Waals surface area contributed by atoms with Crippen LogP contribution in [0.5, 0.6) is 0 Å². The van der Waals surface area contributed by atoms with Crippen molar-refractivity contribution in [1.82, 2.24) is 10.2 Å². The average Bonchev–Trinajstić information content (AvgIpc) is 2.34. The monoisotopic (exact) mass is 242 g/mol. The zero-order chi connectivity index (χ0) is 12.8. The molecule has 2 unspecified atom stereocenters. The van der Waals surface area contributed by atoms with Crippen molar-refractivity contribution in [2.24, 2.45) is 5.92 Å². The summed E-state index contributed by atoms with van der Waals surface area (Å²) >= 11 is 0. The van der Waals surface area contributed by atoms with Crippen LogP contribution in [0, 0.1) is 5.92 Å². The SMILES string of the molecule is CCCNC1CC(C(=O)O)CN(C(=O)CC)C1. The van der Waals surface area contributed by atoms with Gasteiger partial charge in [-0.15, -0.1) is 0 Å². The zero-order valence-corrected chi connectivity index (χ0v) is 10.6. The van der Waals surface area contributed by atoms with Crippen molar-refractivity contribution in [2.75, 3.05) is 19.6 Å². The highest BCUT2D eigenvalue weighted by molar-refractivity contribution is 5.77. The van der Waals surface area contributed by atoms with Crippen LogP contribution < -0.4 is 5.32 Å². The lowest BCUT2D eigenvalue weighted by Crippen LogP contribution is -2.52. The van der Waals surface area contributed by atoms with E-state index in [1.807, 2.05) is 0 Å². The summed E-state index contributed by atoms with van der Waals surface area (Å²) in [4.78, 5) is 24.4. The van der Waals surface area contributed by atoms with Gasteiger partial charge in [-0.05, 0) is 19.4 Å². The van der Waals surface area contributed by atoms with Crippen LogP contribution >= 0.6 is 0 Å². The van der Waals surface area contributed by atoms with E-state index < -0.39 is 11.9 Å². The molecule has 2 atom stereocenters. The standard InChI is InChI=1S/C12H22N2O3/c1-3-5-13-10-6-9(12(16)17)7-14(8-10)11(15)4-2/h9-10,13H,3-8H2,1-2H3,(H,16,17). The predicted molar refractivity (Wildman–Crippen MR) is 64.7 cm³/mol. The fraction of sp³-hybridized carbons (Fsp3) is 0.833. The van der Waals surface area contributed by atoms with Crippen LogP contribution in [-0.2, 0) is 9.59 Å². The Morgan fingerprint density at radius 2 is 2.06 bits per heavy atom. The van der Waals surface area contributed by atoms with E-state index in [4.69, 9.17) is 5.11 Å². The third-order valence-electron chi connectivity index (χ3n) is 3.14. The number of carboxylic acid groups (broad SMARTS) is 1. The molecule has 1 rings (SSSR count). The number of hydrogen-bond donors (Lipinski definition) is 2. The quantitative estimate of drug-likeness (QED) is 0.744. The fourth-order valence-corrected chi connectivity index (χ4v) is 2.20. The third-order valence-corrected chi connectivity index (χ3v) is 3.14.